The van der Waals surface area contributed by atoms with Crippen molar-refractivity contribution in [1.82, 2.24) is 4.90 Å². The first-order valence-electron chi connectivity index (χ1n) is 7.39. The minimum absolute atomic E-state index is 0.0843. The molecule has 0 aromatic carbocycles. The third kappa shape index (κ3) is 3.27. The summed E-state index contributed by atoms with van der Waals surface area (Å²) >= 11 is 0. The molecular formula is C14H25NO4. The summed E-state index contributed by atoms with van der Waals surface area (Å²) in [7, 11) is 0. The van der Waals surface area contributed by atoms with Gasteiger partial charge in [-0.15, -0.1) is 0 Å². The molecule has 0 bridgehead atoms. The molecule has 0 aromatic rings. The van der Waals surface area contributed by atoms with Crippen LogP contribution in [-0.2, 0) is 9.53 Å². The van der Waals surface area contributed by atoms with Gasteiger partial charge in [-0.2, -0.15) is 0 Å². The maximum Gasteiger partial charge on any atom is 0.310 e. The van der Waals surface area contributed by atoms with Crippen LogP contribution < -0.4 is 0 Å². The number of aliphatic hydroxyl groups is 1. The van der Waals surface area contributed by atoms with Crippen LogP contribution in [0, 0.1) is 5.92 Å². The van der Waals surface area contributed by atoms with Crippen molar-refractivity contribution < 1.29 is 19.7 Å². The molecule has 0 spiro atoms. The Balaban J connectivity index is 2.11. The van der Waals surface area contributed by atoms with Gasteiger partial charge in [0.15, 0.2) is 0 Å². The lowest BCUT2D eigenvalue weighted by molar-refractivity contribution is -0.143. The summed E-state index contributed by atoms with van der Waals surface area (Å²) < 4.78 is 5.37. The third-order valence-corrected chi connectivity index (χ3v) is 4.53. The van der Waals surface area contributed by atoms with Crippen LogP contribution in [0.5, 0.6) is 0 Å². The van der Waals surface area contributed by atoms with Crippen molar-refractivity contribution in [1.29, 1.82) is 0 Å². The summed E-state index contributed by atoms with van der Waals surface area (Å²) in [5.74, 6) is -1.25. The zero-order chi connectivity index (χ0) is 13.8. The van der Waals surface area contributed by atoms with E-state index in [1.165, 1.54) is 0 Å². The number of hydrogen-bond acceptors (Lipinski definition) is 4. The number of carboxylic acids is 1. The molecule has 5 heteroatoms. The van der Waals surface area contributed by atoms with Crippen LogP contribution >= 0.6 is 0 Å². The average Bonchev–Trinajstić information content (AvgIpc) is 2.77. The zero-order valence-corrected chi connectivity index (χ0v) is 11.6. The Morgan fingerprint density at radius 1 is 1.21 bits per heavy atom. The fraction of sp³-hybridized carbons (Fsp3) is 0.929. The number of hydrogen-bond donors (Lipinski definition) is 2. The molecule has 4 atom stereocenters. The van der Waals surface area contributed by atoms with E-state index in [-0.39, 0.29) is 18.2 Å². The van der Waals surface area contributed by atoms with E-state index in [1.54, 1.807) is 0 Å². The Morgan fingerprint density at radius 2 is 1.95 bits per heavy atom. The van der Waals surface area contributed by atoms with E-state index in [4.69, 9.17) is 4.74 Å². The Bertz CT molecular complexity index is 310. The van der Waals surface area contributed by atoms with Crippen molar-refractivity contribution in [3.05, 3.63) is 0 Å². The molecule has 0 radical (unpaired) electrons. The standard InChI is InChI=1S/C14H25NO4/c1-2-15(11-6-4-3-5-7-13(11)16)12-9-19-8-10(12)14(17)18/h10-13,16H,2-9H2,1H3,(H,17,18). The highest BCUT2D eigenvalue weighted by atomic mass is 16.5. The second-order valence-corrected chi connectivity index (χ2v) is 5.65. The lowest BCUT2D eigenvalue weighted by Crippen LogP contribution is -2.52. The molecule has 1 aliphatic heterocycles. The summed E-state index contributed by atoms with van der Waals surface area (Å²) in [6.07, 6.45) is 4.79. The highest BCUT2D eigenvalue weighted by Crippen LogP contribution is 2.28. The summed E-state index contributed by atoms with van der Waals surface area (Å²) in [5.41, 5.74) is 0. The van der Waals surface area contributed by atoms with Crippen molar-refractivity contribution in [2.45, 2.75) is 57.2 Å². The van der Waals surface area contributed by atoms with E-state index in [1.807, 2.05) is 6.92 Å². The molecule has 2 aliphatic rings. The van der Waals surface area contributed by atoms with E-state index in [9.17, 15) is 15.0 Å². The molecule has 2 rings (SSSR count). The highest BCUT2D eigenvalue weighted by molar-refractivity contribution is 5.71. The molecule has 2 N–H and O–H groups in total. The quantitative estimate of drug-likeness (QED) is 0.749. The largest absolute Gasteiger partial charge is 0.481 e. The molecule has 5 nitrogen and oxygen atoms in total. The zero-order valence-electron chi connectivity index (χ0n) is 11.6. The fourth-order valence-corrected chi connectivity index (χ4v) is 3.48. The number of nitrogens with zero attached hydrogens (tertiary/aromatic N) is 1. The van der Waals surface area contributed by atoms with Crippen LogP contribution in [-0.4, -0.2) is 59.0 Å². The first-order valence-corrected chi connectivity index (χ1v) is 7.39. The van der Waals surface area contributed by atoms with Crippen LogP contribution in [0.25, 0.3) is 0 Å². The van der Waals surface area contributed by atoms with Gasteiger partial charge in [0.1, 0.15) is 0 Å². The van der Waals surface area contributed by atoms with E-state index in [0.29, 0.717) is 13.2 Å². The van der Waals surface area contributed by atoms with Gasteiger partial charge in [-0.1, -0.05) is 26.2 Å². The van der Waals surface area contributed by atoms with Gasteiger partial charge in [0.2, 0.25) is 0 Å². The Morgan fingerprint density at radius 3 is 2.63 bits per heavy atom. The van der Waals surface area contributed by atoms with Crippen molar-refractivity contribution in [3.8, 4) is 0 Å². The fourth-order valence-electron chi connectivity index (χ4n) is 3.48. The SMILES string of the molecule is CCN(C1CCCCCC1O)C1COCC1C(=O)O. The molecule has 1 saturated heterocycles. The van der Waals surface area contributed by atoms with E-state index in [0.717, 1.165) is 38.6 Å². The summed E-state index contributed by atoms with van der Waals surface area (Å²) in [6, 6.07) is -0.0127. The van der Waals surface area contributed by atoms with Gasteiger partial charge in [0.05, 0.1) is 25.2 Å². The minimum atomic E-state index is -0.788. The Kier molecular flexibility index (Phi) is 5.19. The number of ether oxygens (including phenoxy) is 1. The molecule has 1 aliphatic carbocycles. The molecule has 110 valence electrons. The molecule has 0 amide bonds. The number of carbonyl (C=O) groups is 1. The molecule has 1 heterocycles. The Hall–Kier alpha value is -0.650. The molecule has 1 saturated carbocycles. The molecule has 0 aromatic heterocycles. The molecule has 4 unspecified atom stereocenters. The summed E-state index contributed by atoms with van der Waals surface area (Å²) in [4.78, 5) is 13.5. The Labute approximate surface area is 114 Å². The van der Waals surface area contributed by atoms with Gasteiger partial charge in [0, 0.05) is 12.1 Å². The first-order chi connectivity index (χ1) is 9.15. The highest BCUT2D eigenvalue weighted by Gasteiger charge is 2.41. The summed E-state index contributed by atoms with van der Waals surface area (Å²) in [5, 5.41) is 19.6. The number of aliphatic hydroxyl groups excluding tert-OH is 1. The number of aliphatic carboxylic acids is 1. The van der Waals surface area contributed by atoms with Crippen molar-refractivity contribution >= 4 is 5.97 Å². The van der Waals surface area contributed by atoms with Gasteiger partial charge < -0.3 is 14.9 Å². The van der Waals surface area contributed by atoms with E-state index in [2.05, 4.69) is 4.90 Å². The smallest absolute Gasteiger partial charge is 0.310 e. The second-order valence-electron chi connectivity index (χ2n) is 5.65. The van der Waals surface area contributed by atoms with Crippen LogP contribution in [0.2, 0.25) is 0 Å². The number of carboxylic acid groups (broad SMARTS) is 1. The lowest BCUT2D eigenvalue weighted by atomic mass is 9.96. The minimum Gasteiger partial charge on any atom is -0.481 e. The van der Waals surface area contributed by atoms with E-state index < -0.39 is 11.9 Å². The van der Waals surface area contributed by atoms with Crippen LogP contribution in [0.4, 0.5) is 0 Å². The molecule has 19 heavy (non-hydrogen) atoms. The lowest BCUT2D eigenvalue weighted by Gasteiger charge is -2.38. The van der Waals surface area contributed by atoms with Gasteiger partial charge in [-0.05, 0) is 19.4 Å². The predicted octanol–water partition coefficient (Wildman–Crippen LogP) is 1.10. The van der Waals surface area contributed by atoms with Gasteiger partial charge in [0.25, 0.3) is 0 Å². The monoisotopic (exact) mass is 271 g/mol. The topological polar surface area (TPSA) is 70.0 Å². The molecule has 2 fully saturated rings. The van der Waals surface area contributed by atoms with Crippen LogP contribution in [0.3, 0.4) is 0 Å². The summed E-state index contributed by atoms with van der Waals surface area (Å²) in [6.45, 7) is 3.56. The third-order valence-electron chi connectivity index (χ3n) is 4.53. The molecular weight excluding hydrogens is 246 g/mol. The van der Waals surface area contributed by atoms with Gasteiger partial charge in [-0.3, -0.25) is 9.69 Å². The first kappa shape index (κ1) is 14.8. The van der Waals surface area contributed by atoms with Crippen molar-refractivity contribution in [3.63, 3.8) is 0 Å². The van der Waals surface area contributed by atoms with Crippen LogP contribution in [0.15, 0.2) is 0 Å². The predicted molar refractivity (Wildman–Crippen MR) is 71.0 cm³/mol. The number of rotatable bonds is 4. The van der Waals surface area contributed by atoms with Gasteiger partial charge in [-0.25, -0.2) is 0 Å². The van der Waals surface area contributed by atoms with Crippen LogP contribution in [0.1, 0.15) is 39.0 Å². The maximum absolute atomic E-state index is 11.3. The second kappa shape index (κ2) is 6.68. The van der Waals surface area contributed by atoms with E-state index >= 15 is 0 Å². The maximum atomic E-state index is 11.3. The number of likely N-dealkylation sites (N-methyl/N-ethyl adjacent to an activating group) is 1. The average molecular weight is 271 g/mol. The van der Waals surface area contributed by atoms with Gasteiger partial charge >= 0.3 is 5.97 Å². The van der Waals surface area contributed by atoms with Crippen molar-refractivity contribution in [2.24, 2.45) is 5.92 Å². The van der Waals surface area contributed by atoms with Crippen molar-refractivity contribution in [2.75, 3.05) is 19.8 Å². The normalized spacial score (nSPS) is 36.4.